The van der Waals surface area contributed by atoms with Gasteiger partial charge >= 0.3 is 0 Å². The van der Waals surface area contributed by atoms with Gasteiger partial charge < -0.3 is 4.42 Å². The quantitative estimate of drug-likeness (QED) is 0.271. The number of aryl methyl sites for hydroxylation is 2. The Labute approximate surface area is 175 Å². The van der Waals surface area contributed by atoms with Crippen molar-refractivity contribution in [2.45, 2.75) is 6.92 Å². The average Bonchev–Trinajstić information content (AvgIpc) is 2.89. The summed E-state index contributed by atoms with van der Waals surface area (Å²) in [5, 5.41) is 2.31. The molecule has 2 nitrogen and oxygen atoms in total. The number of hydrogen-bond acceptors (Lipinski definition) is 1. The molecule has 2 aromatic heterocycles. The van der Waals surface area contributed by atoms with Crippen molar-refractivity contribution in [3.63, 3.8) is 0 Å². The zero-order valence-electron chi connectivity index (χ0n) is 16.9. The lowest BCUT2D eigenvalue weighted by atomic mass is 9.94. The highest BCUT2D eigenvalue weighted by atomic mass is 16.3. The number of pyridine rings is 1. The van der Waals surface area contributed by atoms with Gasteiger partial charge in [-0.05, 0) is 60.0 Å². The normalized spacial score (nSPS) is 14.5. The van der Waals surface area contributed by atoms with Gasteiger partial charge in [-0.25, -0.2) is 4.57 Å². The van der Waals surface area contributed by atoms with Gasteiger partial charge in [0, 0.05) is 34.1 Å². The van der Waals surface area contributed by atoms with Crippen molar-refractivity contribution in [3.8, 4) is 11.3 Å². The van der Waals surface area contributed by atoms with Crippen LogP contribution in [0.2, 0.25) is 0 Å². The van der Waals surface area contributed by atoms with Crippen molar-refractivity contribution in [1.29, 1.82) is 0 Å². The molecule has 6 rings (SSSR count). The Morgan fingerprint density at radius 3 is 2.70 bits per heavy atom. The fourth-order valence-corrected chi connectivity index (χ4v) is 4.54. The predicted octanol–water partition coefficient (Wildman–Crippen LogP) is 6.45. The van der Waals surface area contributed by atoms with Crippen LogP contribution in [-0.2, 0) is 7.05 Å². The van der Waals surface area contributed by atoms with Crippen LogP contribution < -0.4 is 4.57 Å². The molecule has 0 spiro atoms. The lowest BCUT2D eigenvalue weighted by Crippen LogP contribution is -2.30. The molecule has 2 heteroatoms. The highest BCUT2D eigenvalue weighted by Gasteiger charge is 2.22. The van der Waals surface area contributed by atoms with E-state index in [1.807, 2.05) is 6.07 Å². The maximum Gasteiger partial charge on any atom is 0.216 e. The molecule has 2 heterocycles. The molecule has 0 radical (unpaired) electrons. The number of aromatic nitrogens is 1. The molecule has 0 saturated heterocycles. The second kappa shape index (κ2) is 6.32. The van der Waals surface area contributed by atoms with E-state index in [2.05, 4.69) is 103 Å². The van der Waals surface area contributed by atoms with E-state index in [4.69, 9.17) is 4.42 Å². The van der Waals surface area contributed by atoms with E-state index in [1.165, 1.54) is 16.7 Å². The Bertz CT molecular complexity index is 1530. The molecule has 2 aliphatic rings. The predicted molar refractivity (Wildman–Crippen MR) is 123 cm³/mol. The fraction of sp³-hybridized carbons (Fsp3) is 0.0714. The number of allylic oxidation sites excluding steroid dienone is 6. The molecule has 0 fully saturated rings. The van der Waals surface area contributed by atoms with Crippen molar-refractivity contribution >= 4 is 33.6 Å². The van der Waals surface area contributed by atoms with Crippen LogP contribution in [0.15, 0.2) is 94.8 Å². The van der Waals surface area contributed by atoms with Gasteiger partial charge in [0.05, 0.1) is 5.56 Å². The van der Waals surface area contributed by atoms with Gasteiger partial charge in [-0.2, -0.15) is 0 Å². The molecular formula is C28H20NO+. The van der Waals surface area contributed by atoms with Gasteiger partial charge in [0.2, 0.25) is 5.69 Å². The molecular weight excluding hydrogens is 366 g/mol. The Kier molecular flexibility index (Phi) is 3.59. The molecule has 2 aliphatic carbocycles. The van der Waals surface area contributed by atoms with E-state index in [0.29, 0.717) is 0 Å². The third-order valence-electron chi connectivity index (χ3n) is 6.01. The van der Waals surface area contributed by atoms with Crippen LogP contribution >= 0.6 is 0 Å². The Balaban J connectivity index is 1.72. The first kappa shape index (κ1) is 17.0. The number of furan rings is 1. The first-order valence-electron chi connectivity index (χ1n) is 10.2. The summed E-state index contributed by atoms with van der Waals surface area (Å²) in [6, 6.07) is 14.9. The molecule has 0 N–H and O–H groups in total. The minimum Gasteiger partial charge on any atom is -0.455 e. The van der Waals surface area contributed by atoms with Gasteiger partial charge in [-0.1, -0.05) is 30.4 Å². The maximum atomic E-state index is 6.50. The lowest BCUT2D eigenvalue weighted by Gasteiger charge is -2.07. The van der Waals surface area contributed by atoms with Crippen LogP contribution in [0.25, 0.3) is 44.8 Å². The van der Waals surface area contributed by atoms with Gasteiger partial charge in [0.1, 0.15) is 18.2 Å². The van der Waals surface area contributed by atoms with Gasteiger partial charge in [0.25, 0.3) is 0 Å². The summed E-state index contributed by atoms with van der Waals surface area (Å²) < 4.78 is 8.65. The number of rotatable bonds is 1. The topological polar surface area (TPSA) is 17.0 Å². The highest BCUT2D eigenvalue weighted by Crippen LogP contribution is 2.41. The Morgan fingerprint density at radius 2 is 1.80 bits per heavy atom. The largest absolute Gasteiger partial charge is 0.455 e. The summed E-state index contributed by atoms with van der Waals surface area (Å²) in [5.74, 6) is 0. The monoisotopic (exact) mass is 386 g/mol. The third-order valence-corrected chi connectivity index (χ3v) is 6.01. The molecule has 0 aliphatic heterocycles. The molecule has 4 aromatic rings. The summed E-state index contributed by atoms with van der Waals surface area (Å²) in [6.07, 6.45) is 14.8. The molecule has 30 heavy (non-hydrogen) atoms. The Hall–Kier alpha value is -3.87. The number of nitrogens with zero attached hydrogens (tertiary/aromatic N) is 1. The number of hydrogen-bond donors (Lipinski definition) is 0. The van der Waals surface area contributed by atoms with Crippen LogP contribution in [0, 0.1) is 6.92 Å². The number of fused-ring (bicyclic) bond motifs is 6. The van der Waals surface area contributed by atoms with E-state index >= 15 is 0 Å². The molecule has 0 atom stereocenters. The second-order valence-corrected chi connectivity index (χ2v) is 7.88. The molecule has 2 bridgehead atoms. The fourth-order valence-electron chi connectivity index (χ4n) is 4.54. The minimum atomic E-state index is 0.915. The average molecular weight is 386 g/mol. The van der Waals surface area contributed by atoms with Crippen molar-refractivity contribution < 1.29 is 8.98 Å². The van der Waals surface area contributed by atoms with E-state index in [9.17, 15) is 0 Å². The van der Waals surface area contributed by atoms with Crippen molar-refractivity contribution in [2.75, 3.05) is 0 Å². The van der Waals surface area contributed by atoms with Crippen LogP contribution in [0.1, 0.15) is 16.7 Å². The maximum absolute atomic E-state index is 6.50. The van der Waals surface area contributed by atoms with E-state index in [0.717, 1.165) is 44.3 Å². The van der Waals surface area contributed by atoms with Crippen LogP contribution in [-0.4, -0.2) is 0 Å². The molecule has 0 saturated carbocycles. The molecule has 2 aromatic carbocycles. The smallest absolute Gasteiger partial charge is 0.216 e. The van der Waals surface area contributed by atoms with E-state index in [-0.39, 0.29) is 0 Å². The lowest BCUT2D eigenvalue weighted by molar-refractivity contribution is -0.660. The zero-order chi connectivity index (χ0) is 20.2. The number of benzene rings is 2. The van der Waals surface area contributed by atoms with Crippen molar-refractivity contribution in [3.05, 3.63) is 107 Å². The van der Waals surface area contributed by atoms with Gasteiger partial charge in [-0.3, -0.25) is 0 Å². The molecule has 0 unspecified atom stereocenters. The summed E-state index contributed by atoms with van der Waals surface area (Å²) >= 11 is 0. The summed E-state index contributed by atoms with van der Waals surface area (Å²) in [4.78, 5) is 0. The van der Waals surface area contributed by atoms with Crippen molar-refractivity contribution in [1.82, 2.24) is 0 Å². The Morgan fingerprint density at radius 1 is 0.900 bits per heavy atom. The van der Waals surface area contributed by atoms with E-state index in [1.54, 1.807) is 0 Å². The van der Waals surface area contributed by atoms with Crippen LogP contribution in [0.3, 0.4) is 0 Å². The molecule has 142 valence electrons. The van der Waals surface area contributed by atoms with Crippen molar-refractivity contribution in [2.24, 2.45) is 7.05 Å². The van der Waals surface area contributed by atoms with Gasteiger partial charge in [0.15, 0.2) is 6.20 Å². The first-order valence-corrected chi connectivity index (χ1v) is 10.2. The van der Waals surface area contributed by atoms with Gasteiger partial charge in [-0.15, -0.1) is 5.73 Å². The zero-order valence-corrected chi connectivity index (χ0v) is 16.9. The summed E-state index contributed by atoms with van der Waals surface area (Å²) in [6.45, 7) is 2.15. The van der Waals surface area contributed by atoms with E-state index < -0.39 is 0 Å². The minimum absolute atomic E-state index is 0.915. The molecule has 0 amide bonds. The van der Waals surface area contributed by atoms with Crippen LogP contribution in [0.4, 0.5) is 0 Å². The SMILES string of the molecule is Cc1ccc2c(oc3ccc4c(c32)C=CC2=C=C4C=CC=C2)c1-c1cccc[n+]1C. The first-order chi connectivity index (χ1) is 14.7. The summed E-state index contributed by atoms with van der Waals surface area (Å²) in [5.41, 5.74) is 13.5. The second-order valence-electron chi connectivity index (χ2n) is 7.88. The summed E-state index contributed by atoms with van der Waals surface area (Å²) in [7, 11) is 2.08. The standard InChI is InChI=1S/C28H20NO/c1-18-10-12-23-27-22-13-11-19-7-3-4-8-20(17-19)21(22)14-15-25(27)30-28(23)26(18)24-9-5-6-16-29(24)2/h3-16H,1-2H3/q+1. The third kappa shape index (κ3) is 2.41. The highest BCUT2D eigenvalue weighted by molar-refractivity contribution is 6.14. The van der Waals surface area contributed by atoms with Crippen LogP contribution in [0.5, 0.6) is 0 Å².